The number of rotatable bonds is 4. The van der Waals surface area contributed by atoms with Crippen molar-refractivity contribution in [1.29, 1.82) is 0 Å². The Balaban J connectivity index is 0.000000604. The number of nitrogens with one attached hydrogen (secondary N) is 1. The van der Waals surface area contributed by atoms with E-state index in [1.54, 1.807) is 41.3 Å². The minimum Gasteiger partial charge on any atom is -0.473 e. The second kappa shape index (κ2) is 11.6. The lowest BCUT2D eigenvalue weighted by Gasteiger charge is -2.34. The Kier molecular flexibility index (Phi) is 9.12. The number of nitrogens with zero attached hydrogens (tertiary/aromatic N) is 2. The fourth-order valence-electron chi connectivity index (χ4n) is 3.00. The summed E-state index contributed by atoms with van der Waals surface area (Å²) in [7, 11) is -3.67. The van der Waals surface area contributed by atoms with Gasteiger partial charge in [-0.3, -0.25) is 9.59 Å². The summed E-state index contributed by atoms with van der Waals surface area (Å²) in [5, 5.41) is 17.9. The van der Waals surface area contributed by atoms with Gasteiger partial charge in [-0.05, 0) is 42.5 Å². The van der Waals surface area contributed by atoms with Gasteiger partial charge in [0.2, 0.25) is 15.9 Å². The van der Waals surface area contributed by atoms with Gasteiger partial charge in [0.15, 0.2) is 0 Å². The van der Waals surface area contributed by atoms with Gasteiger partial charge in [0, 0.05) is 49.4 Å². The highest BCUT2D eigenvalue weighted by atomic mass is 35.5. The van der Waals surface area contributed by atoms with E-state index in [0.29, 0.717) is 29.4 Å². The molecule has 0 aliphatic carbocycles. The first-order valence-electron chi connectivity index (χ1n) is 9.80. The number of hydrogen-bond acceptors (Lipinski definition) is 6. The molecule has 2 amide bonds. The average Bonchev–Trinajstić information content (AvgIpc) is 2.79. The molecule has 0 atom stereocenters. The lowest BCUT2D eigenvalue weighted by atomic mass is 10.2. The van der Waals surface area contributed by atoms with Crippen LogP contribution in [0.15, 0.2) is 53.4 Å². The quantitative estimate of drug-likeness (QED) is 0.521. The number of piperazine rings is 1. The Morgan fingerprint density at radius 1 is 0.912 bits per heavy atom. The molecule has 0 bridgehead atoms. The molecule has 1 saturated heterocycles. The third kappa shape index (κ3) is 7.27. The van der Waals surface area contributed by atoms with Crippen LogP contribution in [0.25, 0.3) is 0 Å². The fourth-order valence-corrected chi connectivity index (χ4v) is 4.61. The fraction of sp³-hybridized carbons (Fsp3) is 0.238. The van der Waals surface area contributed by atoms with Gasteiger partial charge in [-0.1, -0.05) is 17.7 Å². The molecule has 0 aromatic heterocycles. The Hall–Kier alpha value is -3.48. The van der Waals surface area contributed by atoms with Gasteiger partial charge in [0.1, 0.15) is 0 Å². The summed E-state index contributed by atoms with van der Waals surface area (Å²) >= 11 is 5.94. The molecule has 11 nitrogen and oxygen atoms in total. The molecule has 0 unspecified atom stereocenters. The lowest BCUT2D eigenvalue weighted by molar-refractivity contribution is -0.159. The van der Waals surface area contributed by atoms with Crippen molar-refractivity contribution in [2.45, 2.75) is 11.8 Å². The third-order valence-electron chi connectivity index (χ3n) is 4.59. The molecule has 3 N–H and O–H groups in total. The summed E-state index contributed by atoms with van der Waals surface area (Å²) in [5.41, 5.74) is 1.01. The second-order valence-electron chi connectivity index (χ2n) is 7.02. The molecule has 0 saturated carbocycles. The first kappa shape index (κ1) is 26.8. The van der Waals surface area contributed by atoms with Gasteiger partial charge in [0.25, 0.3) is 5.91 Å². The number of hydrogen-bond donors (Lipinski definition) is 3. The molecule has 1 heterocycles. The van der Waals surface area contributed by atoms with Gasteiger partial charge in [-0.15, -0.1) is 0 Å². The van der Waals surface area contributed by atoms with Crippen LogP contribution in [-0.4, -0.2) is 77.8 Å². The summed E-state index contributed by atoms with van der Waals surface area (Å²) < 4.78 is 27.0. The summed E-state index contributed by atoms with van der Waals surface area (Å²) in [4.78, 5) is 43.6. The molecule has 2 aromatic rings. The molecule has 34 heavy (non-hydrogen) atoms. The molecule has 2 aromatic carbocycles. The molecule has 1 aliphatic rings. The first-order chi connectivity index (χ1) is 15.9. The van der Waals surface area contributed by atoms with Crippen molar-refractivity contribution in [3.8, 4) is 0 Å². The SMILES string of the molecule is CC(=O)Nc1ccc(S(=O)(=O)N2CCN(C(=O)c3cccc(Cl)c3)CC2)cc1.O=C(O)C(=O)O. The Bertz CT molecular complexity index is 1160. The van der Waals surface area contributed by atoms with E-state index in [1.807, 2.05) is 0 Å². The predicted octanol–water partition coefficient (Wildman–Crippen LogP) is 1.60. The zero-order chi connectivity index (χ0) is 25.5. The predicted molar refractivity (Wildman–Crippen MR) is 122 cm³/mol. The number of sulfonamides is 1. The topological polar surface area (TPSA) is 161 Å². The number of amides is 2. The average molecular weight is 512 g/mol. The summed E-state index contributed by atoms with van der Waals surface area (Å²) in [6, 6.07) is 12.7. The summed E-state index contributed by atoms with van der Waals surface area (Å²) in [6.45, 7) is 2.40. The van der Waals surface area contributed by atoms with E-state index in [-0.39, 0.29) is 29.8 Å². The van der Waals surface area contributed by atoms with Crippen molar-refractivity contribution in [3.05, 3.63) is 59.1 Å². The van der Waals surface area contributed by atoms with Crippen molar-refractivity contribution in [3.63, 3.8) is 0 Å². The van der Waals surface area contributed by atoms with E-state index < -0.39 is 22.0 Å². The van der Waals surface area contributed by atoms with Gasteiger partial charge < -0.3 is 20.4 Å². The summed E-state index contributed by atoms with van der Waals surface area (Å²) in [5.74, 6) is -4.04. The highest BCUT2D eigenvalue weighted by Gasteiger charge is 2.30. The number of anilines is 1. The zero-order valence-electron chi connectivity index (χ0n) is 18.0. The van der Waals surface area contributed by atoms with Crippen LogP contribution in [0.5, 0.6) is 0 Å². The van der Waals surface area contributed by atoms with Crippen LogP contribution in [0.3, 0.4) is 0 Å². The number of carbonyl (C=O) groups excluding carboxylic acids is 2. The van der Waals surface area contributed by atoms with E-state index in [2.05, 4.69) is 5.32 Å². The molecule has 0 radical (unpaired) electrons. The van der Waals surface area contributed by atoms with Crippen LogP contribution in [-0.2, 0) is 24.4 Å². The van der Waals surface area contributed by atoms with E-state index >= 15 is 0 Å². The number of carboxylic acids is 2. The third-order valence-corrected chi connectivity index (χ3v) is 6.74. The van der Waals surface area contributed by atoms with Crippen molar-refractivity contribution < 1.29 is 37.8 Å². The van der Waals surface area contributed by atoms with Gasteiger partial charge in [0.05, 0.1) is 4.90 Å². The van der Waals surface area contributed by atoms with E-state index in [4.69, 9.17) is 31.4 Å². The highest BCUT2D eigenvalue weighted by Crippen LogP contribution is 2.21. The molecule has 1 aliphatic heterocycles. The highest BCUT2D eigenvalue weighted by molar-refractivity contribution is 7.89. The van der Waals surface area contributed by atoms with Crippen molar-refractivity contribution in [1.82, 2.24) is 9.21 Å². The minimum absolute atomic E-state index is 0.149. The molecule has 3 rings (SSSR count). The largest absolute Gasteiger partial charge is 0.473 e. The molecular formula is C21H22ClN3O8S. The normalized spacial score (nSPS) is 13.9. The van der Waals surface area contributed by atoms with Crippen LogP contribution in [0.2, 0.25) is 5.02 Å². The van der Waals surface area contributed by atoms with E-state index in [1.165, 1.54) is 23.4 Å². The van der Waals surface area contributed by atoms with E-state index in [0.717, 1.165) is 0 Å². The molecule has 182 valence electrons. The Morgan fingerprint density at radius 2 is 1.47 bits per heavy atom. The van der Waals surface area contributed by atoms with Gasteiger partial charge in [-0.2, -0.15) is 4.31 Å². The van der Waals surface area contributed by atoms with Crippen LogP contribution in [0, 0.1) is 0 Å². The zero-order valence-corrected chi connectivity index (χ0v) is 19.5. The lowest BCUT2D eigenvalue weighted by Crippen LogP contribution is -2.50. The molecule has 1 fully saturated rings. The maximum absolute atomic E-state index is 12.8. The molecular weight excluding hydrogens is 490 g/mol. The Morgan fingerprint density at radius 3 is 1.94 bits per heavy atom. The molecule has 13 heteroatoms. The first-order valence-corrected chi connectivity index (χ1v) is 11.6. The van der Waals surface area contributed by atoms with Crippen molar-refractivity contribution >= 4 is 51.1 Å². The van der Waals surface area contributed by atoms with Crippen molar-refractivity contribution in [2.24, 2.45) is 0 Å². The number of carbonyl (C=O) groups is 4. The molecule has 0 spiro atoms. The van der Waals surface area contributed by atoms with E-state index in [9.17, 15) is 18.0 Å². The minimum atomic E-state index is -3.67. The summed E-state index contributed by atoms with van der Waals surface area (Å²) in [6.07, 6.45) is 0. The van der Waals surface area contributed by atoms with Crippen LogP contribution < -0.4 is 5.32 Å². The van der Waals surface area contributed by atoms with Crippen LogP contribution in [0.4, 0.5) is 5.69 Å². The number of benzene rings is 2. The second-order valence-corrected chi connectivity index (χ2v) is 9.40. The van der Waals surface area contributed by atoms with Crippen LogP contribution >= 0.6 is 11.6 Å². The standard InChI is InChI=1S/C19H20ClN3O4S.C2H2O4/c1-14(24)21-17-5-7-18(8-6-17)28(26,27)23-11-9-22(10-12-23)19(25)15-3-2-4-16(20)13-15;3-1(4)2(5)6/h2-8,13H,9-12H2,1H3,(H,21,24);(H,3,4)(H,5,6). The van der Waals surface area contributed by atoms with Crippen molar-refractivity contribution in [2.75, 3.05) is 31.5 Å². The van der Waals surface area contributed by atoms with Crippen LogP contribution in [0.1, 0.15) is 17.3 Å². The number of halogens is 1. The smallest absolute Gasteiger partial charge is 0.414 e. The van der Waals surface area contributed by atoms with Gasteiger partial charge >= 0.3 is 11.9 Å². The number of aliphatic carboxylic acids is 2. The van der Waals surface area contributed by atoms with Gasteiger partial charge in [-0.25, -0.2) is 18.0 Å². The maximum Gasteiger partial charge on any atom is 0.414 e. The monoisotopic (exact) mass is 511 g/mol. The Labute approximate surface area is 200 Å². The maximum atomic E-state index is 12.8. The number of carboxylic acid groups (broad SMARTS) is 2.